The van der Waals surface area contributed by atoms with E-state index in [-0.39, 0.29) is 5.56 Å². The van der Waals surface area contributed by atoms with E-state index in [1.54, 1.807) is 12.1 Å². The molecule has 2 aromatic heterocycles. The van der Waals surface area contributed by atoms with Crippen LogP contribution >= 0.6 is 0 Å². The van der Waals surface area contributed by atoms with E-state index in [4.69, 9.17) is 0 Å². The van der Waals surface area contributed by atoms with Gasteiger partial charge in [-0.3, -0.25) is 5.10 Å². The summed E-state index contributed by atoms with van der Waals surface area (Å²) >= 11 is 0. The van der Waals surface area contributed by atoms with Crippen LogP contribution in [-0.2, 0) is 7.05 Å². The highest BCUT2D eigenvalue weighted by Crippen LogP contribution is 2.37. The molecule has 0 amide bonds. The first-order chi connectivity index (χ1) is 11.1. The Morgan fingerprint density at radius 1 is 1.17 bits per heavy atom. The molecule has 5 heteroatoms. The van der Waals surface area contributed by atoms with Gasteiger partial charge in [-0.1, -0.05) is 24.3 Å². The zero-order valence-electron chi connectivity index (χ0n) is 12.8. The van der Waals surface area contributed by atoms with Crippen molar-refractivity contribution in [2.45, 2.75) is 6.92 Å². The zero-order chi connectivity index (χ0) is 16.1. The van der Waals surface area contributed by atoms with E-state index in [9.17, 15) is 9.90 Å². The average molecular weight is 305 g/mol. The van der Waals surface area contributed by atoms with Crippen molar-refractivity contribution >= 4 is 27.8 Å². The Morgan fingerprint density at radius 3 is 2.74 bits per heavy atom. The van der Waals surface area contributed by atoms with Gasteiger partial charge in [0.15, 0.2) is 0 Å². The van der Waals surface area contributed by atoms with Crippen LogP contribution in [0.25, 0.3) is 33.1 Å². The first-order valence-electron chi connectivity index (χ1n) is 7.34. The van der Waals surface area contributed by atoms with Crippen LogP contribution < -0.4 is 0 Å². The van der Waals surface area contributed by atoms with Gasteiger partial charge >= 0.3 is 5.97 Å². The Kier molecular flexibility index (Phi) is 2.78. The summed E-state index contributed by atoms with van der Waals surface area (Å²) in [5.74, 6) is -0.948. The average Bonchev–Trinajstić information content (AvgIpc) is 3.08. The molecule has 0 aliphatic heterocycles. The number of carbonyl (C=O) groups is 1. The molecule has 0 aliphatic carbocycles. The lowest BCUT2D eigenvalue weighted by Gasteiger charge is -2.02. The molecule has 0 saturated carbocycles. The molecule has 0 unspecified atom stereocenters. The highest BCUT2D eigenvalue weighted by atomic mass is 16.4. The van der Waals surface area contributed by atoms with Crippen molar-refractivity contribution in [2.24, 2.45) is 7.05 Å². The fraction of sp³-hybridized carbons (Fsp3) is 0.111. The van der Waals surface area contributed by atoms with E-state index in [1.165, 1.54) is 0 Å². The van der Waals surface area contributed by atoms with Gasteiger partial charge in [-0.05, 0) is 25.1 Å². The minimum Gasteiger partial charge on any atom is -0.478 e. The number of para-hydroxylation sites is 1. The number of nitrogens with one attached hydrogen (secondary N) is 1. The number of carboxylic acid groups (broad SMARTS) is 1. The number of H-pyrrole nitrogens is 1. The van der Waals surface area contributed by atoms with Gasteiger partial charge in [0.05, 0.1) is 11.1 Å². The Labute approximate surface area is 132 Å². The molecule has 0 fully saturated rings. The van der Waals surface area contributed by atoms with Gasteiger partial charge in [0.25, 0.3) is 0 Å². The van der Waals surface area contributed by atoms with Crippen LogP contribution in [0.5, 0.6) is 0 Å². The van der Waals surface area contributed by atoms with Gasteiger partial charge in [0.1, 0.15) is 5.69 Å². The van der Waals surface area contributed by atoms with E-state index in [1.807, 2.05) is 38.2 Å². The van der Waals surface area contributed by atoms with Crippen LogP contribution in [0.15, 0.2) is 42.5 Å². The first kappa shape index (κ1) is 13.6. The van der Waals surface area contributed by atoms with Crippen LogP contribution in [-0.4, -0.2) is 25.8 Å². The molecule has 2 heterocycles. The lowest BCUT2D eigenvalue weighted by molar-refractivity contribution is 0.0699. The van der Waals surface area contributed by atoms with E-state index in [0.717, 1.165) is 27.7 Å². The maximum atomic E-state index is 11.6. The Hall–Kier alpha value is -3.08. The predicted molar refractivity (Wildman–Crippen MR) is 89.7 cm³/mol. The minimum absolute atomic E-state index is 0.263. The lowest BCUT2D eigenvalue weighted by atomic mass is 10.0. The number of aromatic nitrogens is 3. The smallest absolute Gasteiger partial charge is 0.336 e. The molecule has 4 aromatic rings. The summed E-state index contributed by atoms with van der Waals surface area (Å²) in [6.45, 7) is 2.03. The van der Waals surface area contributed by atoms with Crippen molar-refractivity contribution in [3.63, 3.8) is 0 Å². The Bertz CT molecular complexity index is 1070. The highest BCUT2D eigenvalue weighted by Gasteiger charge is 2.21. The van der Waals surface area contributed by atoms with Crippen LogP contribution in [0.3, 0.4) is 0 Å². The molecule has 0 radical (unpaired) electrons. The van der Waals surface area contributed by atoms with E-state index in [2.05, 4.69) is 20.8 Å². The number of aryl methyl sites for hydroxylation is 1. The second kappa shape index (κ2) is 4.71. The van der Waals surface area contributed by atoms with Crippen LogP contribution in [0.1, 0.15) is 16.1 Å². The van der Waals surface area contributed by atoms with Crippen molar-refractivity contribution in [1.29, 1.82) is 0 Å². The summed E-state index contributed by atoms with van der Waals surface area (Å²) < 4.78 is 2.11. The van der Waals surface area contributed by atoms with Crippen LogP contribution in [0, 0.1) is 6.92 Å². The van der Waals surface area contributed by atoms with E-state index >= 15 is 0 Å². The van der Waals surface area contributed by atoms with Gasteiger partial charge in [0.2, 0.25) is 0 Å². The molecule has 5 nitrogen and oxygen atoms in total. The summed E-state index contributed by atoms with van der Waals surface area (Å²) in [5.41, 5.74) is 4.81. The third-order valence-electron chi connectivity index (χ3n) is 4.46. The third-order valence-corrected chi connectivity index (χ3v) is 4.46. The fourth-order valence-corrected chi connectivity index (χ4v) is 3.25. The summed E-state index contributed by atoms with van der Waals surface area (Å²) in [6.07, 6.45) is 0. The van der Waals surface area contributed by atoms with Gasteiger partial charge in [0, 0.05) is 34.6 Å². The largest absolute Gasteiger partial charge is 0.478 e. The van der Waals surface area contributed by atoms with Crippen LogP contribution in [0.4, 0.5) is 0 Å². The number of aromatic carboxylic acids is 1. The molecular weight excluding hydrogens is 290 g/mol. The van der Waals surface area contributed by atoms with Crippen molar-refractivity contribution in [3.05, 3.63) is 53.7 Å². The zero-order valence-corrected chi connectivity index (χ0v) is 12.8. The van der Waals surface area contributed by atoms with E-state index < -0.39 is 5.97 Å². The van der Waals surface area contributed by atoms with E-state index in [0.29, 0.717) is 11.1 Å². The number of hydrogen-bond acceptors (Lipinski definition) is 2. The van der Waals surface area contributed by atoms with Gasteiger partial charge < -0.3 is 9.67 Å². The summed E-state index contributed by atoms with van der Waals surface area (Å²) in [6, 6.07) is 13.3. The highest BCUT2D eigenvalue weighted by molar-refractivity contribution is 6.12. The number of carboxylic acids is 1. The molecule has 0 bridgehead atoms. The number of benzene rings is 2. The fourth-order valence-electron chi connectivity index (χ4n) is 3.25. The molecule has 0 saturated heterocycles. The van der Waals surface area contributed by atoms with Gasteiger partial charge in [-0.2, -0.15) is 5.10 Å². The SMILES string of the molecule is Cc1c(-c2n[nH]c3cccc(C(=O)O)c23)c2ccccc2n1C. The lowest BCUT2D eigenvalue weighted by Crippen LogP contribution is -1.97. The topological polar surface area (TPSA) is 70.9 Å². The number of fused-ring (bicyclic) bond motifs is 2. The second-order valence-electron chi connectivity index (χ2n) is 5.64. The van der Waals surface area contributed by atoms with Gasteiger partial charge in [-0.15, -0.1) is 0 Å². The predicted octanol–water partition coefficient (Wildman–Crippen LogP) is 3.73. The molecule has 0 atom stereocenters. The molecule has 114 valence electrons. The Balaban J connectivity index is 2.16. The second-order valence-corrected chi connectivity index (χ2v) is 5.64. The first-order valence-corrected chi connectivity index (χ1v) is 7.34. The van der Waals surface area contributed by atoms with Crippen molar-refractivity contribution in [2.75, 3.05) is 0 Å². The quantitative estimate of drug-likeness (QED) is 0.593. The number of aromatic amines is 1. The van der Waals surface area contributed by atoms with Crippen LogP contribution in [0.2, 0.25) is 0 Å². The Morgan fingerprint density at radius 2 is 1.96 bits per heavy atom. The number of nitrogens with zero attached hydrogens (tertiary/aromatic N) is 2. The molecule has 0 aliphatic rings. The number of rotatable bonds is 2. The molecular formula is C18H15N3O2. The number of hydrogen-bond donors (Lipinski definition) is 2. The normalized spacial score (nSPS) is 11.4. The third kappa shape index (κ3) is 1.80. The molecule has 2 N–H and O–H groups in total. The summed E-state index contributed by atoms with van der Waals surface area (Å²) in [5, 5.41) is 18.6. The molecule has 0 spiro atoms. The summed E-state index contributed by atoms with van der Waals surface area (Å²) in [4.78, 5) is 11.6. The molecule has 23 heavy (non-hydrogen) atoms. The van der Waals surface area contributed by atoms with Crippen molar-refractivity contribution in [3.8, 4) is 11.3 Å². The molecule has 4 rings (SSSR count). The van der Waals surface area contributed by atoms with Gasteiger partial charge in [-0.25, -0.2) is 4.79 Å². The van der Waals surface area contributed by atoms with Crippen molar-refractivity contribution in [1.82, 2.24) is 14.8 Å². The standard InChI is InChI=1S/C18H15N3O2/c1-10-15(11-6-3-4-9-14(11)21(10)2)17-16-12(18(22)23)7-5-8-13(16)19-20-17/h3-9H,1-2H3,(H,19,20)(H,22,23). The summed E-state index contributed by atoms with van der Waals surface area (Å²) in [7, 11) is 2.01. The maximum Gasteiger partial charge on any atom is 0.336 e. The maximum absolute atomic E-state index is 11.6. The monoisotopic (exact) mass is 305 g/mol. The van der Waals surface area contributed by atoms with Crippen molar-refractivity contribution < 1.29 is 9.90 Å². The minimum atomic E-state index is -0.948. The molecule has 2 aromatic carbocycles.